The van der Waals surface area contributed by atoms with Crippen molar-refractivity contribution >= 4 is 9.84 Å². The van der Waals surface area contributed by atoms with Gasteiger partial charge in [0, 0.05) is 6.26 Å². The van der Waals surface area contributed by atoms with Crippen molar-refractivity contribution in [3.63, 3.8) is 0 Å². The molecule has 1 aromatic carbocycles. The normalized spacial score (nSPS) is 10.2. The lowest BCUT2D eigenvalue weighted by atomic mass is 10.1. The quantitative estimate of drug-likeness (QED) is 0.681. The van der Waals surface area contributed by atoms with Crippen LogP contribution in [0.25, 0.3) is 0 Å². The minimum absolute atomic E-state index is 0.00639. The van der Waals surface area contributed by atoms with Gasteiger partial charge in [0.05, 0.1) is 28.2 Å². The summed E-state index contributed by atoms with van der Waals surface area (Å²) >= 11 is 0. The molecule has 0 saturated heterocycles. The van der Waals surface area contributed by atoms with E-state index < -0.39 is 9.84 Å². The largest absolute Gasteiger partial charge is 0.224 e. The smallest absolute Gasteiger partial charge is 0.175 e. The molecule has 0 heterocycles. The summed E-state index contributed by atoms with van der Waals surface area (Å²) in [5, 5.41) is 17.2. The first-order chi connectivity index (χ1) is 6.47. The van der Waals surface area contributed by atoms with Gasteiger partial charge in [0.25, 0.3) is 0 Å². The Morgan fingerprint density at radius 3 is 1.79 bits per heavy atom. The van der Waals surface area contributed by atoms with E-state index in [9.17, 15) is 8.42 Å². The second-order valence-corrected chi connectivity index (χ2v) is 4.76. The SMILES string of the molecule is CS(=O)(=O)c1cc(C#N)cc(C#N)c1. The first-order valence-corrected chi connectivity index (χ1v) is 5.52. The van der Waals surface area contributed by atoms with Crippen LogP contribution < -0.4 is 0 Å². The van der Waals surface area contributed by atoms with Crippen molar-refractivity contribution < 1.29 is 8.42 Å². The molecule has 1 rings (SSSR count). The lowest BCUT2D eigenvalue weighted by Gasteiger charge is -1.99. The molecule has 4 nitrogen and oxygen atoms in total. The number of hydrogen-bond donors (Lipinski definition) is 0. The number of benzene rings is 1. The molecule has 0 aliphatic heterocycles. The molecule has 0 amide bonds. The summed E-state index contributed by atoms with van der Waals surface area (Å²) < 4.78 is 22.3. The third-order valence-electron chi connectivity index (χ3n) is 1.59. The summed E-state index contributed by atoms with van der Waals surface area (Å²) in [6.07, 6.45) is 1.03. The molecule has 0 aliphatic rings. The first kappa shape index (κ1) is 10.2. The summed E-state index contributed by atoms with van der Waals surface area (Å²) in [5.41, 5.74) is 0.342. The van der Waals surface area contributed by atoms with Crippen molar-refractivity contribution in [2.24, 2.45) is 0 Å². The molecule has 0 aromatic heterocycles. The fourth-order valence-corrected chi connectivity index (χ4v) is 1.62. The molecular formula is C9H6N2O2S. The van der Waals surface area contributed by atoms with E-state index in [1.165, 1.54) is 18.2 Å². The fourth-order valence-electron chi connectivity index (χ4n) is 0.942. The van der Waals surface area contributed by atoms with Crippen molar-refractivity contribution in [3.8, 4) is 12.1 Å². The molecule has 0 saturated carbocycles. The first-order valence-electron chi connectivity index (χ1n) is 3.62. The van der Waals surface area contributed by atoms with Gasteiger partial charge in [0.2, 0.25) is 0 Å². The molecule has 0 aliphatic carbocycles. The predicted octanol–water partition coefficient (Wildman–Crippen LogP) is 0.833. The highest BCUT2D eigenvalue weighted by atomic mass is 32.2. The molecule has 0 radical (unpaired) electrons. The zero-order valence-corrected chi connectivity index (χ0v) is 8.17. The Bertz CT molecular complexity index is 515. The van der Waals surface area contributed by atoms with Crippen molar-refractivity contribution in [2.75, 3.05) is 6.26 Å². The van der Waals surface area contributed by atoms with E-state index in [2.05, 4.69) is 0 Å². The van der Waals surface area contributed by atoms with Crippen LogP contribution in [0.15, 0.2) is 23.1 Å². The number of nitrogens with zero attached hydrogens (tertiary/aromatic N) is 2. The van der Waals surface area contributed by atoms with Crippen LogP contribution in [0, 0.1) is 22.7 Å². The van der Waals surface area contributed by atoms with E-state index >= 15 is 0 Å². The minimum Gasteiger partial charge on any atom is -0.224 e. The van der Waals surface area contributed by atoms with Gasteiger partial charge in [-0.3, -0.25) is 0 Å². The summed E-state index contributed by atoms with van der Waals surface area (Å²) in [4.78, 5) is -0.00639. The van der Waals surface area contributed by atoms with Gasteiger partial charge in [-0.1, -0.05) is 0 Å². The van der Waals surface area contributed by atoms with Gasteiger partial charge in [-0.05, 0) is 18.2 Å². The summed E-state index contributed by atoms with van der Waals surface area (Å²) in [6.45, 7) is 0. The number of nitriles is 2. The Labute approximate surface area is 81.9 Å². The zero-order chi connectivity index (χ0) is 10.8. The van der Waals surface area contributed by atoms with Gasteiger partial charge in [0.1, 0.15) is 0 Å². The van der Waals surface area contributed by atoms with Crippen LogP contribution in [0.3, 0.4) is 0 Å². The highest BCUT2D eigenvalue weighted by Crippen LogP contribution is 2.14. The van der Waals surface area contributed by atoms with E-state index in [4.69, 9.17) is 10.5 Å². The monoisotopic (exact) mass is 206 g/mol. The lowest BCUT2D eigenvalue weighted by molar-refractivity contribution is 0.602. The Morgan fingerprint density at radius 2 is 1.50 bits per heavy atom. The molecular weight excluding hydrogens is 200 g/mol. The van der Waals surface area contributed by atoms with Gasteiger partial charge in [-0.2, -0.15) is 10.5 Å². The van der Waals surface area contributed by atoms with Crippen LogP contribution in [0.4, 0.5) is 0 Å². The molecule has 70 valence electrons. The highest BCUT2D eigenvalue weighted by molar-refractivity contribution is 7.90. The number of sulfone groups is 1. The van der Waals surface area contributed by atoms with Crippen LogP contribution in [0.2, 0.25) is 0 Å². The second-order valence-electron chi connectivity index (χ2n) is 2.74. The molecule has 14 heavy (non-hydrogen) atoms. The van der Waals surface area contributed by atoms with Crippen molar-refractivity contribution in [1.82, 2.24) is 0 Å². The Hall–Kier alpha value is -1.85. The predicted molar refractivity (Wildman–Crippen MR) is 49.0 cm³/mol. The minimum atomic E-state index is -3.37. The average Bonchev–Trinajstić information content (AvgIpc) is 2.15. The Balaban J connectivity index is 3.51. The van der Waals surface area contributed by atoms with Crippen LogP contribution in [0.1, 0.15) is 11.1 Å². The van der Waals surface area contributed by atoms with E-state index in [0.29, 0.717) is 0 Å². The highest BCUT2D eigenvalue weighted by Gasteiger charge is 2.09. The maximum absolute atomic E-state index is 11.2. The van der Waals surface area contributed by atoms with Crippen LogP contribution >= 0.6 is 0 Å². The Kier molecular flexibility index (Phi) is 2.55. The van der Waals surface area contributed by atoms with Gasteiger partial charge in [-0.15, -0.1) is 0 Å². The van der Waals surface area contributed by atoms with E-state index in [1.807, 2.05) is 0 Å². The van der Waals surface area contributed by atoms with Gasteiger partial charge >= 0.3 is 0 Å². The number of hydrogen-bond acceptors (Lipinski definition) is 4. The molecule has 0 fully saturated rings. The molecule has 0 N–H and O–H groups in total. The molecule has 0 unspecified atom stereocenters. The Morgan fingerprint density at radius 1 is 1.07 bits per heavy atom. The van der Waals surface area contributed by atoms with E-state index in [-0.39, 0.29) is 16.0 Å². The zero-order valence-electron chi connectivity index (χ0n) is 7.35. The third-order valence-corrected chi connectivity index (χ3v) is 2.68. The molecule has 0 atom stereocenters. The summed E-state index contributed by atoms with van der Waals surface area (Å²) in [5.74, 6) is 0. The van der Waals surface area contributed by atoms with Crippen molar-refractivity contribution in [3.05, 3.63) is 29.3 Å². The number of rotatable bonds is 1. The molecule has 0 spiro atoms. The van der Waals surface area contributed by atoms with Gasteiger partial charge in [0.15, 0.2) is 9.84 Å². The van der Waals surface area contributed by atoms with E-state index in [0.717, 1.165) is 6.26 Å². The van der Waals surface area contributed by atoms with Crippen molar-refractivity contribution in [2.45, 2.75) is 4.90 Å². The summed E-state index contributed by atoms with van der Waals surface area (Å²) in [6, 6.07) is 7.43. The van der Waals surface area contributed by atoms with E-state index in [1.54, 1.807) is 12.1 Å². The average molecular weight is 206 g/mol. The maximum Gasteiger partial charge on any atom is 0.175 e. The summed E-state index contributed by atoms with van der Waals surface area (Å²) in [7, 11) is -3.37. The fraction of sp³-hybridized carbons (Fsp3) is 0.111. The third kappa shape index (κ3) is 2.09. The van der Waals surface area contributed by atoms with Crippen LogP contribution in [0.5, 0.6) is 0 Å². The molecule has 1 aromatic rings. The molecule has 5 heteroatoms. The topological polar surface area (TPSA) is 81.7 Å². The second kappa shape index (κ2) is 3.49. The van der Waals surface area contributed by atoms with Gasteiger partial charge < -0.3 is 0 Å². The maximum atomic E-state index is 11.2. The lowest BCUT2D eigenvalue weighted by Crippen LogP contribution is -1.98. The molecule has 0 bridgehead atoms. The van der Waals surface area contributed by atoms with Crippen LogP contribution in [-0.4, -0.2) is 14.7 Å². The standard InChI is InChI=1S/C9H6N2O2S/c1-14(12,13)9-3-7(5-10)2-8(4-9)6-11/h2-4H,1H3. The van der Waals surface area contributed by atoms with Crippen LogP contribution in [-0.2, 0) is 9.84 Å². The van der Waals surface area contributed by atoms with Gasteiger partial charge in [-0.25, -0.2) is 8.42 Å². The van der Waals surface area contributed by atoms with Crippen molar-refractivity contribution in [1.29, 1.82) is 10.5 Å².